The second-order valence-corrected chi connectivity index (χ2v) is 3.70. The van der Waals surface area contributed by atoms with E-state index in [-0.39, 0.29) is 6.61 Å². The van der Waals surface area contributed by atoms with Crippen LogP contribution in [0.25, 0.3) is 0 Å². The third-order valence-corrected chi connectivity index (χ3v) is 2.75. The quantitative estimate of drug-likeness (QED) is 0.583. The zero-order chi connectivity index (χ0) is 7.94. The molecule has 1 heteroatoms. The van der Waals surface area contributed by atoms with Gasteiger partial charge in [0, 0.05) is 0 Å². The summed E-state index contributed by atoms with van der Waals surface area (Å²) in [6.45, 7) is 0.144. The zero-order valence-corrected chi connectivity index (χ0v) is 7.35. The lowest BCUT2D eigenvalue weighted by Crippen LogP contribution is -2.05. The minimum Gasteiger partial charge on any atom is -0.237 e. The zero-order valence-electron chi connectivity index (χ0n) is 7.35. The third-order valence-electron chi connectivity index (χ3n) is 2.75. The molecule has 0 bridgehead atoms. The third kappa shape index (κ3) is 3.76. The van der Waals surface area contributed by atoms with Gasteiger partial charge in [-0.1, -0.05) is 44.9 Å². The molecule has 0 atom stereocenters. The van der Waals surface area contributed by atoms with Crippen molar-refractivity contribution < 1.29 is 5.11 Å². The Bertz CT molecular complexity index is 82.9. The van der Waals surface area contributed by atoms with Crippen molar-refractivity contribution in [2.24, 2.45) is 5.92 Å². The van der Waals surface area contributed by atoms with Gasteiger partial charge in [0.25, 0.3) is 0 Å². The summed E-state index contributed by atoms with van der Waals surface area (Å²) in [6, 6.07) is 0. The monoisotopic (exact) mass is 155 g/mol. The fourth-order valence-electron chi connectivity index (χ4n) is 2.00. The Morgan fingerprint density at radius 3 is 2.00 bits per heavy atom. The van der Waals surface area contributed by atoms with E-state index in [4.69, 9.17) is 0 Å². The Labute approximate surface area is 69.8 Å². The van der Waals surface area contributed by atoms with Gasteiger partial charge in [0.1, 0.15) is 0 Å². The maximum absolute atomic E-state index is 10.4. The van der Waals surface area contributed by atoms with E-state index in [0.717, 1.165) is 12.3 Å². The highest BCUT2D eigenvalue weighted by Crippen LogP contribution is 2.24. The molecule has 0 aliphatic heterocycles. The summed E-state index contributed by atoms with van der Waals surface area (Å²) in [5.41, 5.74) is 0. The minimum absolute atomic E-state index is 0.144. The van der Waals surface area contributed by atoms with Gasteiger partial charge in [-0.25, -0.2) is 5.11 Å². The first-order valence-corrected chi connectivity index (χ1v) is 5.01. The van der Waals surface area contributed by atoms with Crippen LogP contribution in [0.15, 0.2) is 0 Å². The Hall–Kier alpha value is -0.0400. The van der Waals surface area contributed by atoms with Crippen LogP contribution in [0.1, 0.15) is 51.4 Å². The van der Waals surface area contributed by atoms with Crippen LogP contribution in [0.4, 0.5) is 0 Å². The molecular weight excluding hydrogens is 136 g/mol. The summed E-state index contributed by atoms with van der Waals surface area (Å²) >= 11 is 0. The van der Waals surface area contributed by atoms with Crippen molar-refractivity contribution in [1.82, 2.24) is 0 Å². The summed E-state index contributed by atoms with van der Waals surface area (Å²) in [6.07, 6.45) is 10.5. The maximum Gasteiger partial charge on any atom is 0.0825 e. The highest BCUT2D eigenvalue weighted by atomic mass is 16.3. The van der Waals surface area contributed by atoms with E-state index in [9.17, 15) is 5.11 Å². The second kappa shape index (κ2) is 5.59. The largest absolute Gasteiger partial charge is 0.237 e. The molecule has 0 aromatic carbocycles. The molecular formula is C10H19O. The van der Waals surface area contributed by atoms with Gasteiger partial charge in [0.15, 0.2) is 0 Å². The molecule has 0 unspecified atom stereocenters. The number of rotatable bonds is 2. The van der Waals surface area contributed by atoms with Crippen LogP contribution in [0, 0.1) is 5.92 Å². The Morgan fingerprint density at radius 2 is 1.45 bits per heavy atom. The molecule has 0 heterocycles. The molecule has 1 fully saturated rings. The van der Waals surface area contributed by atoms with Gasteiger partial charge < -0.3 is 0 Å². The number of hydrogen-bond donors (Lipinski definition) is 0. The van der Waals surface area contributed by atoms with Crippen molar-refractivity contribution in [2.75, 3.05) is 6.61 Å². The van der Waals surface area contributed by atoms with Crippen molar-refractivity contribution >= 4 is 0 Å². The minimum atomic E-state index is 0.144. The predicted molar refractivity (Wildman–Crippen MR) is 46.0 cm³/mol. The van der Waals surface area contributed by atoms with Crippen LogP contribution < -0.4 is 0 Å². The summed E-state index contributed by atoms with van der Waals surface area (Å²) in [5, 5.41) is 10.4. The maximum atomic E-state index is 10.4. The van der Waals surface area contributed by atoms with Crippen molar-refractivity contribution in [2.45, 2.75) is 51.4 Å². The Kier molecular flexibility index (Phi) is 4.60. The van der Waals surface area contributed by atoms with Gasteiger partial charge in [0.2, 0.25) is 0 Å². The van der Waals surface area contributed by atoms with Crippen molar-refractivity contribution in [3.63, 3.8) is 0 Å². The standard InChI is InChI=1S/C10H19O/c11-9-8-10-6-4-2-1-3-5-7-10/h10H,1-9H2. The summed E-state index contributed by atoms with van der Waals surface area (Å²) in [4.78, 5) is 0. The Balaban J connectivity index is 2.15. The number of hydrogen-bond acceptors (Lipinski definition) is 0. The van der Waals surface area contributed by atoms with Crippen LogP contribution in [-0.2, 0) is 5.11 Å². The molecule has 1 nitrogen and oxygen atoms in total. The summed E-state index contributed by atoms with van der Waals surface area (Å²) < 4.78 is 0. The normalized spacial score (nSPS) is 22.6. The van der Waals surface area contributed by atoms with Crippen molar-refractivity contribution in [1.29, 1.82) is 0 Å². The molecule has 0 N–H and O–H groups in total. The van der Waals surface area contributed by atoms with Gasteiger partial charge in [0.05, 0.1) is 6.61 Å². The topological polar surface area (TPSA) is 19.9 Å². The lowest BCUT2D eigenvalue weighted by molar-refractivity contribution is 0.162. The molecule has 0 amide bonds. The second-order valence-electron chi connectivity index (χ2n) is 3.70. The smallest absolute Gasteiger partial charge is 0.0825 e. The summed E-state index contributed by atoms with van der Waals surface area (Å²) in [7, 11) is 0. The van der Waals surface area contributed by atoms with Crippen molar-refractivity contribution in [3.8, 4) is 0 Å². The van der Waals surface area contributed by atoms with Crippen LogP contribution >= 0.6 is 0 Å². The van der Waals surface area contributed by atoms with Gasteiger partial charge in [-0.3, -0.25) is 0 Å². The molecule has 0 aromatic rings. The van der Waals surface area contributed by atoms with Gasteiger partial charge >= 0.3 is 0 Å². The summed E-state index contributed by atoms with van der Waals surface area (Å²) in [5.74, 6) is 0.771. The van der Waals surface area contributed by atoms with Crippen LogP contribution in [0.3, 0.4) is 0 Å². The average Bonchev–Trinajstić information content (AvgIpc) is 1.94. The first-order chi connectivity index (χ1) is 5.43. The molecule has 65 valence electrons. The van der Waals surface area contributed by atoms with E-state index in [1.807, 2.05) is 0 Å². The van der Waals surface area contributed by atoms with E-state index in [1.165, 1.54) is 44.9 Å². The molecule has 1 rings (SSSR count). The first-order valence-electron chi connectivity index (χ1n) is 5.01. The fourth-order valence-corrected chi connectivity index (χ4v) is 2.00. The predicted octanol–water partition coefficient (Wildman–Crippen LogP) is 3.17. The van der Waals surface area contributed by atoms with Gasteiger partial charge in [-0.15, -0.1) is 0 Å². The fraction of sp³-hybridized carbons (Fsp3) is 1.00. The van der Waals surface area contributed by atoms with E-state index in [1.54, 1.807) is 0 Å². The van der Waals surface area contributed by atoms with Gasteiger partial charge in [-0.2, -0.15) is 0 Å². The molecule has 0 saturated heterocycles. The van der Waals surface area contributed by atoms with E-state index >= 15 is 0 Å². The van der Waals surface area contributed by atoms with Crippen LogP contribution in [0.5, 0.6) is 0 Å². The first kappa shape index (κ1) is 9.05. The van der Waals surface area contributed by atoms with Crippen LogP contribution in [0.2, 0.25) is 0 Å². The molecule has 0 aromatic heterocycles. The lowest BCUT2D eigenvalue weighted by Gasteiger charge is -2.17. The van der Waals surface area contributed by atoms with Crippen LogP contribution in [-0.4, -0.2) is 6.61 Å². The highest BCUT2D eigenvalue weighted by Gasteiger charge is 2.10. The van der Waals surface area contributed by atoms with Gasteiger partial charge in [-0.05, 0) is 12.3 Å². The van der Waals surface area contributed by atoms with Crippen molar-refractivity contribution in [3.05, 3.63) is 0 Å². The lowest BCUT2D eigenvalue weighted by atomic mass is 9.89. The van der Waals surface area contributed by atoms with E-state index in [2.05, 4.69) is 0 Å². The van der Waals surface area contributed by atoms with E-state index < -0.39 is 0 Å². The molecule has 1 aliphatic rings. The van der Waals surface area contributed by atoms with E-state index in [0.29, 0.717) is 0 Å². The molecule has 1 radical (unpaired) electrons. The molecule has 11 heavy (non-hydrogen) atoms. The SMILES string of the molecule is [O]CCC1CCCCCCC1. The molecule has 0 spiro atoms. The average molecular weight is 155 g/mol. The molecule has 1 saturated carbocycles. The highest BCUT2D eigenvalue weighted by molar-refractivity contribution is 4.62. The Morgan fingerprint density at radius 1 is 0.909 bits per heavy atom. The molecule has 1 aliphatic carbocycles.